The summed E-state index contributed by atoms with van der Waals surface area (Å²) >= 11 is 0. The van der Waals surface area contributed by atoms with Crippen LogP contribution < -0.4 is 11.1 Å². The summed E-state index contributed by atoms with van der Waals surface area (Å²) in [5.41, 5.74) is 6.34. The summed E-state index contributed by atoms with van der Waals surface area (Å²) in [5, 5.41) is 2.73. The fourth-order valence-corrected chi connectivity index (χ4v) is 2.65. The second kappa shape index (κ2) is 14.1. The zero-order valence-electron chi connectivity index (χ0n) is 19.4. The van der Waals surface area contributed by atoms with E-state index >= 15 is 0 Å². The Balaban J connectivity index is 2.64. The van der Waals surface area contributed by atoms with E-state index in [-0.39, 0.29) is 25.6 Å². The van der Waals surface area contributed by atoms with Gasteiger partial charge >= 0.3 is 12.1 Å². The first-order valence-electron chi connectivity index (χ1n) is 10.6. The molecule has 1 rings (SSSR count). The number of carbonyl (C=O) groups excluding carboxylic acids is 3. The first-order valence-corrected chi connectivity index (χ1v) is 10.6. The van der Waals surface area contributed by atoms with Crippen molar-refractivity contribution in [3.8, 4) is 11.8 Å². The second-order valence-electron chi connectivity index (χ2n) is 8.25. The van der Waals surface area contributed by atoms with Crippen molar-refractivity contribution in [3.63, 3.8) is 0 Å². The van der Waals surface area contributed by atoms with E-state index in [0.717, 1.165) is 11.1 Å². The van der Waals surface area contributed by atoms with Crippen molar-refractivity contribution in [2.24, 2.45) is 5.73 Å². The minimum atomic E-state index is -0.631. The van der Waals surface area contributed by atoms with Crippen LogP contribution in [0.4, 0.5) is 4.79 Å². The van der Waals surface area contributed by atoms with Gasteiger partial charge in [0.1, 0.15) is 5.60 Å². The highest BCUT2D eigenvalue weighted by Gasteiger charge is 2.20. The monoisotopic (exact) mass is 446 g/mol. The van der Waals surface area contributed by atoms with Gasteiger partial charge in [-0.25, -0.2) is 4.79 Å². The number of unbranched alkanes of at least 4 members (excludes halogenated alkanes) is 1. The number of ether oxygens (including phenoxy) is 3. The number of hydrogen-bond acceptors (Lipinski definition) is 6. The smallest absolute Gasteiger partial charge is 0.407 e. The molecule has 2 amide bonds. The van der Waals surface area contributed by atoms with Crippen molar-refractivity contribution in [3.05, 3.63) is 35.4 Å². The Bertz CT molecular complexity index is 820. The van der Waals surface area contributed by atoms with Crippen molar-refractivity contribution >= 4 is 18.0 Å². The molecule has 3 N–H and O–H groups in total. The van der Waals surface area contributed by atoms with Crippen LogP contribution in [-0.2, 0) is 30.4 Å². The fraction of sp³-hybridized carbons (Fsp3) is 0.542. The molecule has 8 heteroatoms. The Hall–Kier alpha value is -3.05. The number of rotatable bonds is 11. The number of carbonyl (C=O) groups is 3. The molecule has 0 spiro atoms. The quantitative estimate of drug-likeness (QED) is 0.307. The molecule has 0 heterocycles. The van der Waals surface area contributed by atoms with Crippen LogP contribution in [0.2, 0.25) is 0 Å². The van der Waals surface area contributed by atoms with Gasteiger partial charge in [-0.3, -0.25) is 9.59 Å². The van der Waals surface area contributed by atoms with E-state index in [1.807, 2.05) is 24.3 Å². The second-order valence-corrected chi connectivity index (χ2v) is 8.25. The summed E-state index contributed by atoms with van der Waals surface area (Å²) in [4.78, 5) is 34.4. The van der Waals surface area contributed by atoms with Crippen LogP contribution >= 0.6 is 0 Å². The minimum absolute atomic E-state index is 0.122. The molecule has 0 aromatic heterocycles. The molecule has 0 saturated carbocycles. The van der Waals surface area contributed by atoms with Gasteiger partial charge in [0.05, 0.1) is 26.4 Å². The lowest BCUT2D eigenvalue weighted by atomic mass is 10.1. The maximum absolute atomic E-state index is 12.1. The van der Waals surface area contributed by atoms with E-state index in [1.165, 1.54) is 7.11 Å². The predicted molar refractivity (Wildman–Crippen MR) is 120 cm³/mol. The van der Waals surface area contributed by atoms with E-state index in [2.05, 4.69) is 21.9 Å². The van der Waals surface area contributed by atoms with Gasteiger partial charge in [0.25, 0.3) is 0 Å². The molecule has 0 saturated heterocycles. The third-order valence-electron chi connectivity index (χ3n) is 4.19. The summed E-state index contributed by atoms with van der Waals surface area (Å²) in [6.07, 6.45) is 1.45. The zero-order valence-corrected chi connectivity index (χ0v) is 19.4. The molecule has 32 heavy (non-hydrogen) atoms. The van der Waals surface area contributed by atoms with Crippen molar-refractivity contribution < 1.29 is 28.6 Å². The number of primary amides is 1. The molecule has 0 radical (unpaired) electrons. The standard InChI is InChI=1S/C24H34N2O6/c1-24(2,3)32-23(29)26-20(14-15-21(25)27)17-31-16-19-12-9-8-11-18(19)10-6-5-7-13-22(28)30-4/h8-9,11-12,20H,5,7,13-17H2,1-4H3,(H2,25,27)(H,26,29). The lowest BCUT2D eigenvalue weighted by Gasteiger charge is -2.23. The largest absolute Gasteiger partial charge is 0.469 e. The number of alkyl carbamates (subject to hydrolysis) is 1. The van der Waals surface area contributed by atoms with Gasteiger partial charge in [-0.15, -0.1) is 0 Å². The van der Waals surface area contributed by atoms with E-state index in [1.54, 1.807) is 20.8 Å². The van der Waals surface area contributed by atoms with Crippen LogP contribution in [0.3, 0.4) is 0 Å². The number of esters is 1. The van der Waals surface area contributed by atoms with Crippen LogP contribution in [-0.4, -0.2) is 43.3 Å². The van der Waals surface area contributed by atoms with Gasteiger partial charge in [-0.05, 0) is 45.2 Å². The van der Waals surface area contributed by atoms with E-state index in [0.29, 0.717) is 25.7 Å². The number of methoxy groups -OCH3 is 1. The van der Waals surface area contributed by atoms with Crippen LogP contribution in [0.15, 0.2) is 24.3 Å². The zero-order chi connectivity index (χ0) is 24.0. The fourth-order valence-electron chi connectivity index (χ4n) is 2.65. The average molecular weight is 447 g/mol. The Morgan fingerprint density at radius 2 is 1.88 bits per heavy atom. The molecular weight excluding hydrogens is 412 g/mol. The highest BCUT2D eigenvalue weighted by Crippen LogP contribution is 2.11. The third-order valence-corrected chi connectivity index (χ3v) is 4.19. The summed E-state index contributed by atoms with van der Waals surface area (Å²) in [6, 6.07) is 7.17. The lowest BCUT2D eigenvalue weighted by molar-refractivity contribution is -0.140. The normalized spacial score (nSPS) is 11.6. The third kappa shape index (κ3) is 12.6. The molecule has 0 aliphatic rings. The molecule has 1 aromatic carbocycles. The van der Waals surface area contributed by atoms with Crippen molar-refractivity contribution in [2.45, 2.75) is 71.1 Å². The number of nitrogens with two attached hydrogens (primary N) is 1. The highest BCUT2D eigenvalue weighted by atomic mass is 16.6. The molecule has 0 bridgehead atoms. The van der Waals surface area contributed by atoms with Gasteiger partial charge in [-0.2, -0.15) is 0 Å². The van der Waals surface area contributed by atoms with Crippen LogP contribution in [0.1, 0.15) is 64.0 Å². The number of amides is 2. The predicted octanol–water partition coefficient (Wildman–Crippen LogP) is 3.06. The number of nitrogens with one attached hydrogen (secondary N) is 1. The number of benzene rings is 1. The summed E-state index contributed by atoms with van der Waals surface area (Å²) in [7, 11) is 1.37. The van der Waals surface area contributed by atoms with Crippen LogP contribution in [0.5, 0.6) is 0 Å². The SMILES string of the molecule is COC(=O)CCCC#Cc1ccccc1COCC(CCC(N)=O)NC(=O)OC(C)(C)C. The number of hydrogen-bond donors (Lipinski definition) is 2. The summed E-state index contributed by atoms with van der Waals surface area (Å²) in [5.74, 6) is 5.48. The summed E-state index contributed by atoms with van der Waals surface area (Å²) < 4.78 is 15.7. The minimum Gasteiger partial charge on any atom is -0.469 e. The van der Waals surface area contributed by atoms with Gasteiger partial charge in [0.15, 0.2) is 0 Å². The highest BCUT2D eigenvalue weighted by molar-refractivity contribution is 5.74. The Labute approximate surface area is 190 Å². The molecule has 0 aliphatic heterocycles. The molecule has 1 unspecified atom stereocenters. The molecular formula is C24H34N2O6. The maximum atomic E-state index is 12.1. The first kappa shape index (κ1) is 27.0. The van der Waals surface area contributed by atoms with E-state index in [4.69, 9.17) is 15.2 Å². The van der Waals surface area contributed by atoms with Crippen LogP contribution in [0.25, 0.3) is 0 Å². The molecule has 176 valence electrons. The molecule has 8 nitrogen and oxygen atoms in total. The topological polar surface area (TPSA) is 117 Å². The molecule has 1 atom stereocenters. The van der Waals surface area contributed by atoms with Gasteiger partial charge in [0, 0.05) is 24.8 Å². The Morgan fingerprint density at radius 3 is 2.53 bits per heavy atom. The molecule has 0 aliphatic carbocycles. The van der Waals surface area contributed by atoms with Crippen molar-refractivity contribution in [1.82, 2.24) is 5.32 Å². The van der Waals surface area contributed by atoms with Gasteiger partial charge in [0.2, 0.25) is 5.91 Å². The Kier molecular flexibility index (Phi) is 11.9. The first-order chi connectivity index (χ1) is 15.1. The average Bonchev–Trinajstić information content (AvgIpc) is 2.70. The van der Waals surface area contributed by atoms with Crippen LogP contribution in [0, 0.1) is 11.8 Å². The molecule has 0 fully saturated rings. The Morgan fingerprint density at radius 1 is 1.16 bits per heavy atom. The van der Waals surface area contributed by atoms with Crippen molar-refractivity contribution in [1.29, 1.82) is 0 Å². The maximum Gasteiger partial charge on any atom is 0.407 e. The lowest BCUT2D eigenvalue weighted by Crippen LogP contribution is -2.42. The summed E-state index contributed by atoms with van der Waals surface area (Å²) in [6.45, 7) is 5.79. The van der Waals surface area contributed by atoms with E-state index < -0.39 is 23.6 Å². The molecule has 1 aromatic rings. The van der Waals surface area contributed by atoms with Crippen molar-refractivity contribution in [2.75, 3.05) is 13.7 Å². The van der Waals surface area contributed by atoms with Gasteiger partial charge < -0.3 is 25.3 Å². The van der Waals surface area contributed by atoms with E-state index in [9.17, 15) is 14.4 Å². The van der Waals surface area contributed by atoms with Gasteiger partial charge in [-0.1, -0.05) is 30.0 Å².